The van der Waals surface area contributed by atoms with E-state index in [1.165, 1.54) is 11.3 Å². The topological polar surface area (TPSA) is 84.2 Å². The van der Waals surface area contributed by atoms with E-state index in [1.807, 2.05) is 0 Å². The Hall–Kier alpha value is -2.36. The molecule has 2 N–H and O–H groups in total. The minimum atomic E-state index is -4.49. The molecule has 0 aliphatic heterocycles. The fraction of sp³-hybridized carbons (Fsp3) is 0.357. The molecule has 0 bridgehead atoms. The molecule has 2 amide bonds. The number of carbonyl (C=O) groups excluding carboxylic acids is 2. The van der Waals surface area contributed by atoms with Gasteiger partial charge in [-0.1, -0.05) is 0 Å². The molecule has 0 fully saturated rings. The number of thiazole rings is 1. The number of hydrogen-bond donors (Lipinski definition) is 2. The van der Waals surface area contributed by atoms with Gasteiger partial charge in [0.05, 0.1) is 18.7 Å². The highest BCUT2D eigenvalue weighted by atomic mass is 32.1. The van der Waals surface area contributed by atoms with Crippen molar-refractivity contribution in [3.8, 4) is 10.8 Å². The van der Waals surface area contributed by atoms with Crippen molar-refractivity contribution in [1.82, 2.24) is 15.6 Å². The molecule has 2 heterocycles. The van der Waals surface area contributed by atoms with Crippen molar-refractivity contribution < 1.29 is 27.2 Å². The Bertz CT molecular complexity index is 724. The predicted molar refractivity (Wildman–Crippen MR) is 80.3 cm³/mol. The smallest absolute Gasteiger partial charge is 0.405 e. The van der Waals surface area contributed by atoms with Crippen LogP contribution in [0, 0.1) is 6.92 Å². The SMILES string of the molecule is Cc1ccc(-c2nc(CC(=O)NCC(=O)NCC(F)(F)F)cs2)o1. The minimum Gasteiger partial charge on any atom is -0.459 e. The first kappa shape index (κ1) is 18.0. The lowest BCUT2D eigenvalue weighted by molar-refractivity contribution is -0.138. The zero-order chi connectivity index (χ0) is 17.7. The summed E-state index contributed by atoms with van der Waals surface area (Å²) < 4.78 is 41.2. The first-order valence-corrected chi connectivity index (χ1v) is 7.72. The molecule has 0 atom stereocenters. The molecular formula is C14H14F3N3O3S. The van der Waals surface area contributed by atoms with Crippen molar-refractivity contribution in [3.05, 3.63) is 29.0 Å². The van der Waals surface area contributed by atoms with Gasteiger partial charge < -0.3 is 15.1 Å². The summed E-state index contributed by atoms with van der Waals surface area (Å²) in [5.41, 5.74) is 0.484. The lowest BCUT2D eigenvalue weighted by atomic mass is 10.3. The largest absolute Gasteiger partial charge is 0.459 e. The first-order chi connectivity index (χ1) is 11.2. The van der Waals surface area contributed by atoms with Crippen molar-refractivity contribution in [2.24, 2.45) is 0 Å². The number of amides is 2. The van der Waals surface area contributed by atoms with Crippen molar-refractivity contribution in [2.45, 2.75) is 19.5 Å². The summed E-state index contributed by atoms with van der Waals surface area (Å²) >= 11 is 1.30. The van der Waals surface area contributed by atoms with E-state index in [9.17, 15) is 22.8 Å². The summed E-state index contributed by atoms with van der Waals surface area (Å²) in [5.74, 6) is -0.0876. The normalized spacial score (nSPS) is 11.3. The van der Waals surface area contributed by atoms with E-state index >= 15 is 0 Å². The molecule has 0 spiro atoms. The fourth-order valence-corrected chi connectivity index (χ4v) is 2.50. The van der Waals surface area contributed by atoms with Gasteiger partial charge >= 0.3 is 6.18 Å². The molecule has 24 heavy (non-hydrogen) atoms. The first-order valence-electron chi connectivity index (χ1n) is 6.84. The van der Waals surface area contributed by atoms with Gasteiger partial charge in [-0.05, 0) is 19.1 Å². The second-order valence-electron chi connectivity index (χ2n) is 4.90. The average Bonchev–Trinajstić information content (AvgIpc) is 3.11. The Morgan fingerprint density at radius 1 is 1.25 bits per heavy atom. The molecule has 0 aliphatic rings. The number of furan rings is 1. The van der Waals surface area contributed by atoms with E-state index in [1.54, 1.807) is 29.8 Å². The van der Waals surface area contributed by atoms with E-state index in [-0.39, 0.29) is 6.42 Å². The van der Waals surface area contributed by atoms with Crippen LogP contribution in [0.2, 0.25) is 0 Å². The highest BCUT2D eigenvalue weighted by Crippen LogP contribution is 2.25. The van der Waals surface area contributed by atoms with Crippen LogP contribution in [0.5, 0.6) is 0 Å². The molecule has 2 aromatic heterocycles. The van der Waals surface area contributed by atoms with Crippen molar-refractivity contribution in [1.29, 1.82) is 0 Å². The Morgan fingerprint density at radius 3 is 2.62 bits per heavy atom. The van der Waals surface area contributed by atoms with Crippen LogP contribution < -0.4 is 10.6 Å². The van der Waals surface area contributed by atoms with Crippen LogP contribution in [0.1, 0.15) is 11.5 Å². The number of nitrogens with one attached hydrogen (secondary N) is 2. The van der Waals surface area contributed by atoms with Crippen LogP contribution in [0.15, 0.2) is 21.9 Å². The number of hydrogen-bond acceptors (Lipinski definition) is 5. The number of carbonyl (C=O) groups is 2. The molecule has 0 saturated heterocycles. The van der Waals surface area contributed by atoms with Crippen LogP contribution in [0.25, 0.3) is 10.8 Å². The summed E-state index contributed by atoms with van der Waals surface area (Å²) in [6, 6.07) is 3.56. The Morgan fingerprint density at radius 2 is 2.00 bits per heavy atom. The van der Waals surface area contributed by atoms with Crippen LogP contribution in [-0.2, 0) is 16.0 Å². The Labute approximate surface area is 139 Å². The molecule has 0 aliphatic carbocycles. The Kier molecular flexibility index (Phi) is 5.60. The summed E-state index contributed by atoms with van der Waals surface area (Å²) in [4.78, 5) is 27.1. The zero-order valence-corrected chi connectivity index (χ0v) is 13.4. The zero-order valence-electron chi connectivity index (χ0n) is 12.6. The number of halogens is 3. The minimum absolute atomic E-state index is 0.0806. The molecule has 10 heteroatoms. The molecule has 130 valence electrons. The second-order valence-corrected chi connectivity index (χ2v) is 5.76. The van der Waals surface area contributed by atoms with Crippen molar-refractivity contribution in [3.63, 3.8) is 0 Å². The lowest BCUT2D eigenvalue weighted by Gasteiger charge is -2.08. The average molecular weight is 361 g/mol. The molecule has 0 unspecified atom stereocenters. The molecular weight excluding hydrogens is 347 g/mol. The van der Waals surface area contributed by atoms with Crippen LogP contribution in [0.4, 0.5) is 13.2 Å². The third kappa shape index (κ3) is 5.69. The van der Waals surface area contributed by atoms with E-state index < -0.39 is 31.1 Å². The molecule has 0 aromatic carbocycles. The summed E-state index contributed by atoms with van der Waals surface area (Å²) in [7, 11) is 0. The number of aromatic nitrogens is 1. The van der Waals surface area contributed by atoms with E-state index in [0.717, 1.165) is 5.76 Å². The van der Waals surface area contributed by atoms with Crippen LogP contribution in [0.3, 0.4) is 0 Å². The molecule has 0 radical (unpaired) electrons. The highest BCUT2D eigenvalue weighted by molar-refractivity contribution is 7.13. The molecule has 6 nitrogen and oxygen atoms in total. The summed E-state index contributed by atoms with van der Waals surface area (Å²) in [6.07, 6.45) is -4.57. The summed E-state index contributed by atoms with van der Waals surface area (Å²) in [6.45, 7) is -0.154. The van der Waals surface area contributed by atoms with Gasteiger partial charge in [0, 0.05) is 5.38 Å². The maximum Gasteiger partial charge on any atom is 0.405 e. The van der Waals surface area contributed by atoms with E-state index in [4.69, 9.17) is 4.42 Å². The number of nitrogens with zero attached hydrogens (tertiary/aromatic N) is 1. The quantitative estimate of drug-likeness (QED) is 0.825. The van der Waals surface area contributed by atoms with Crippen molar-refractivity contribution >= 4 is 23.2 Å². The predicted octanol–water partition coefficient (Wildman–Crippen LogP) is 2.05. The highest BCUT2D eigenvalue weighted by Gasteiger charge is 2.27. The van der Waals surface area contributed by atoms with Crippen LogP contribution >= 0.6 is 11.3 Å². The van der Waals surface area contributed by atoms with Gasteiger partial charge in [-0.25, -0.2) is 4.98 Å². The van der Waals surface area contributed by atoms with Crippen LogP contribution in [-0.4, -0.2) is 36.1 Å². The number of alkyl halides is 3. The van der Waals surface area contributed by atoms with Gasteiger partial charge in [0.1, 0.15) is 12.3 Å². The number of rotatable bonds is 6. The molecule has 2 rings (SSSR count). The van der Waals surface area contributed by atoms with Gasteiger partial charge in [0.15, 0.2) is 10.8 Å². The third-order valence-electron chi connectivity index (χ3n) is 2.78. The molecule has 2 aromatic rings. The maximum absolute atomic E-state index is 11.9. The second kappa shape index (κ2) is 7.47. The number of aryl methyl sites for hydroxylation is 1. The van der Waals surface area contributed by atoms with Gasteiger partial charge in [-0.2, -0.15) is 13.2 Å². The van der Waals surface area contributed by atoms with Crippen molar-refractivity contribution in [2.75, 3.05) is 13.1 Å². The standard InChI is InChI=1S/C14H14F3N3O3S/c1-8-2-3-10(23-8)13-20-9(6-24-13)4-11(21)18-5-12(22)19-7-14(15,16)17/h2-3,6H,4-5,7H2,1H3,(H,18,21)(H,19,22). The van der Waals surface area contributed by atoms with Gasteiger partial charge in [0.25, 0.3) is 0 Å². The lowest BCUT2D eigenvalue weighted by Crippen LogP contribution is -2.41. The molecule has 0 saturated carbocycles. The maximum atomic E-state index is 11.9. The summed E-state index contributed by atoms with van der Waals surface area (Å²) in [5, 5.41) is 6.20. The Balaban J connectivity index is 1.79. The van der Waals surface area contributed by atoms with E-state index in [2.05, 4.69) is 10.3 Å². The monoisotopic (exact) mass is 361 g/mol. The third-order valence-corrected chi connectivity index (χ3v) is 3.68. The van der Waals surface area contributed by atoms with E-state index in [0.29, 0.717) is 16.5 Å². The van der Waals surface area contributed by atoms with Gasteiger partial charge in [-0.3, -0.25) is 9.59 Å². The van der Waals surface area contributed by atoms with Gasteiger partial charge in [0.2, 0.25) is 11.8 Å². The fourth-order valence-electron chi connectivity index (χ4n) is 1.72. The van der Waals surface area contributed by atoms with Gasteiger partial charge in [-0.15, -0.1) is 11.3 Å².